The van der Waals surface area contributed by atoms with Gasteiger partial charge in [0.2, 0.25) is 0 Å². The summed E-state index contributed by atoms with van der Waals surface area (Å²) in [4.78, 5) is 37.8. The highest BCUT2D eigenvalue weighted by atomic mass is 16.6. The molecule has 0 saturated heterocycles. The zero-order valence-corrected chi connectivity index (χ0v) is 39.9. The number of allylic oxidation sites excluding steroid dienone is 12. The SMILES string of the molecule is CCCCC/C=C\C/C=C\C/C=C\C/C=C\CCCC(=O)OC[C@@H](COC(=O)CCCCCCCCCCC)OC(=O)CCCCCCCCC/C=C\C/C=C\CCCCC. The van der Waals surface area contributed by atoms with Crippen LogP contribution in [0.4, 0.5) is 0 Å². The lowest BCUT2D eigenvalue weighted by Gasteiger charge is -2.18. The van der Waals surface area contributed by atoms with Crippen molar-refractivity contribution in [2.45, 2.75) is 245 Å². The second-order valence-electron chi connectivity index (χ2n) is 16.7. The van der Waals surface area contributed by atoms with Gasteiger partial charge < -0.3 is 14.2 Å². The Morgan fingerprint density at radius 3 is 1.02 bits per heavy atom. The topological polar surface area (TPSA) is 78.9 Å². The lowest BCUT2D eigenvalue weighted by Crippen LogP contribution is -2.30. The Balaban J connectivity index is 4.43. The molecule has 0 aliphatic heterocycles. The van der Waals surface area contributed by atoms with Gasteiger partial charge in [-0.15, -0.1) is 0 Å². The van der Waals surface area contributed by atoms with E-state index in [1.54, 1.807) is 0 Å². The zero-order chi connectivity index (χ0) is 44.4. The molecular formula is C55H94O6. The van der Waals surface area contributed by atoms with Gasteiger partial charge in [0.05, 0.1) is 0 Å². The molecule has 1 atom stereocenters. The second kappa shape index (κ2) is 49.5. The summed E-state index contributed by atoms with van der Waals surface area (Å²) in [7, 11) is 0. The van der Waals surface area contributed by atoms with Gasteiger partial charge in [-0.05, 0) is 89.9 Å². The molecule has 0 N–H and O–H groups in total. The van der Waals surface area contributed by atoms with Crippen LogP contribution >= 0.6 is 0 Å². The van der Waals surface area contributed by atoms with E-state index in [2.05, 4.69) is 93.7 Å². The molecule has 6 heteroatoms. The fourth-order valence-electron chi connectivity index (χ4n) is 6.82. The number of rotatable bonds is 45. The summed E-state index contributed by atoms with van der Waals surface area (Å²) in [6.45, 7) is 6.51. The van der Waals surface area contributed by atoms with Gasteiger partial charge in [-0.2, -0.15) is 0 Å². The zero-order valence-electron chi connectivity index (χ0n) is 39.9. The van der Waals surface area contributed by atoms with Crippen molar-refractivity contribution in [2.24, 2.45) is 0 Å². The molecule has 0 unspecified atom stereocenters. The van der Waals surface area contributed by atoms with Gasteiger partial charge in [-0.3, -0.25) is 14.4 Å². The minimum Gasteiger partial charge on any atom is -0.462 e. The molecule has 0 aromatic heterocycles. The van der Waals surface area contributed by atoms with Crippen LogP contribution in [0.2, 0.25) is 0 Å². The van der Waals surface area contributed by atoms with Crippen molar-refractivity contribution in [3.8, 4) is 0 Å². The number of esters is 3. The van der Waals surface area contributed by atoms with Crippen LogP contribution in [-0.2, 0) is 28.6 Å². The van der Waals surface area contributed by atoms with Crippen molar-refractivity contribution >= 4 is 17.9 Å². The number of carbonyl (C=O) groups excluding carboxylic acids is 3. The van der Waals surface area contributed by atoms with Crippen LogP contribution in [0.5, 0.6) is 0 Å². The summed E-state index contributed by atoms with van der Waals surface area (Å²) in [5.41, 5.74) is 0. The van der Waals surface area contributed by atoms with Crippen LogP contribution < -0.4 is 0 Å². The maximum Gasteiger partial charge on any atom is 0.306 e. The second-order valence-corrected chi connectivity index (χ2v) is 16.7. The van der Waals surface area contributed by atoms with Gasteiger partial charge in [0.1, 0.15) is 13.2 Å². The van der Waals surface area contributed by atoms with Crippen molar-refractivity contribution < 1.29 is 28.6 Å². The number of hydrogen-bond acceptors (Lipinski definition) is 6. The number of ether oxygens (including phenoxy) is 3. The average Bonchev–Trinajstić information content (AvgIpc) is 3.26. The normalized spacial score (nSPS) is 12.6. The Morgan fingerprint density at radius 2 is 0.607 bits per heavy atom. The van der Waals surface area contributed by atoms with E-state index in [9.17, 15) is 14.4 Å². The number of unbranched alkanes of at least 4 members (excludes halogenated alkanes) is 22. The van der Waals surface area contributed by atoms with Crippen molar-refractivity contribution in [1.82, 2.24) is 0 Å². The van der Waals surface area contributed by atoms with Crippen molar-refractivity contribution in [1.29, 1.82) is 0 Å². The van der Waals surface area contributed by atoms with Gasteiger partial charge in [0, 0.05) is 19.3 Å². The summed E-state index contributed by atoms with van der Waals surface area (Å²) >= 11 is 0. The quantitative estimate of drug-likeness (QED) is 0.0263. The molecule has 61 heavy (non-hydrogen) atoms. The molecule has 0 aromatic carbocycles. The molecule has 6 nitrogen and oxygen atoms in total. The third-order valence-corrected chi connectivity index (χ3v) is 10.7. The van der Waals surface area contributed by atoms with Crippen molar-refractivity contribution in [3.05, 3.63) is 72.9 Å². The minimum atomic E-state index is -0.798. The first-order chi connectivity index (χ1) is 30.0. The van der Waals surface area contributed by atoms with Crippen molar-refractivity contribution in [2.75, 3.05) is 13.2 Å². The van der Waals surface area contributed by atoms with Crippen LogP contribution in [-0.4, -0.2) is 37.2 Å². The summed E-state index contributed by atoms with van der Waals surface area (Å²) in [5.74, 6) is -0.964. The summed E-state index contributed by atoms with van der Waals surface area (Å²) in [5, 5.41) is 0. The lowest BCUT2D eigenvalue weighted by molar-refractivity contribution is -0.167. The number of carbonyl (C=O) groups is 3. The standard InChI is InChI=1S/C55H94O6/c1-4-7-10-13-16-19-21-23-25-27-29-31-33-36-39-42-45-48-54(57)60-51-52(50-59-53(56)47-44-41-38-35-18-15-12-9-6-3)61-55(58)49-46-43-40-37-34-32-30-28-26-24-22-20-17-14-11-8-5-2/h16-17,19-20,23-26,29,31,36,39,52H,4-15,18,21-22,27-28,30,32-35,37-38,40-51H2,1-3H3/b19-16-,20-17-,25-23-,26-24-,31-29-,39-36-/t52-/m1/s1. The molecule has 0 rings (SSSR count). The van der Waals surface area contributed by atoms with Gasteiger partial charge in [0.25, 0.3) is 0 Å². The highest BCUT2D eigenvalue weighted by Gasteiger charge is 2.19. The molecule has 0 fully saturated rings. The molecule has 0 radical (unpaired) electrons. The van der Waals surface area contributed by atoms with E-state index in [1.165, 1.54) is 116 Å². The highest BCUT2D eigenvalue weighted by molar-refractivity contribution is 5.71. The fourth-order valence-corrected chi connectivity index (χ4v) is 6.82. The monoisotopic (exact) mass is 851 g/mol. The van der Waals surface area contributed by atoms with Gasteiger partial charge in [-0.1, -0.05) is 203 Å². The predicted molar refractivity (Wildman–Crippen MR) is 261 cm³/mol. The molecule has 0 amide bonds. The molecule has 350 valence electrons. The molecule has 0 bridgehead atoms. The summed E-state index contributed by atoms with van der Waals surface area (Å²) in [6.07, 6.45) is 61.7. The molecule has 0 aliphatic carbocycles. The van der Waals surface area contributed by atoms with Crippen LogP contribution in [0.3, 0.4) is 0 Å². The first-order valence-corrected chi connectivity index (χ1v) is 25.4. The largest absolute Gasteiger partial charge is 0.462 e. The third-order valence-electron chi connectivity index (χ3n) is 10.7. The minimum absolute atomic E-state index is 0.0948. The fraction of sp³-hybridized carbons (Fsp3) is 0.727. The van der Waals surface area contributed by atoms with Gasteiger partial charge in [0.15, 0.2) is 6.10 Å². The highest BCUT2D eigenvalue weighted by Crippen LogP contribution is 2.14. The Kier molecular flexibility index (Phi) is 46.9. The van der Waals surface area contributed by atoms with Gasteiger partial charge in [-0.25, -0.2) is 0 Å². The van der Waals surface area contributed by atoms with Crippen LogP contribution in [0.1, 0.15) is 239 Å². The summed E-state index contributed by atoms with van der Waals surface area (Å²) < 4.78 is 16.7. The van der Waals surface area contributed by atoms with E-state index < -0.39 is 6.10 Å². The smallest absolute Gasteiger partial charge is 0.306 e. The lowest BCUT2D eigenvalue weighted by atomic mass is 10.1. The average molecular weight is 851 g/mol. The Morgan fingerprint density at radius 1 is 0.328 bits per heavy atom. The van der Waals surface area contributed by atoms with Crippen LogP contribution in [0.15, 0.2) is 72.9 Å². The van der Waals surface area contributed by atoms with E-state index in [1.807, 2.05) is 0 Å². The van der Waals surface area contributed by atoms with E-state index in [0.29, 0.717) is 19.3 Å². The Bertz CT molecular complexity index is 1160. The molecule has 0 heterocycles. The molecule has 0 aliphatic rings. The van der Waals surface area contributed by atoms with E-state index in [4.69, 9.17) is 14.2 Å². The Hall–Kier alpha value is -3.15. The van der Waals surface area contributed by atoms with Gasteiger partial charge >= 0.3 is 17.9 Å². The van der Waals surface area contributed by atoms with E-state index >= 15 is 0 Å². The predicted octanol–water partition coefficient (Wildman–Crippen LogP) is 16.6. The first kappa shape index (κ1) is 57.9. The first-order valence-electron chi connectivity index (χ1n) is 25.4. The molecular weight excluding hydrogens is 757 g/mol. The maximum atomic E-state index is 12.8. The summed E-state index contributed by atoms with van der Waals surface area (Å²) in [6, 6.07) is 0. The van der Waals surface area contributed by atoms with Crippen LogP contribution in [0, 0.1) is 0 Å². The Labute approximate surface area is 376 Å². The third kappa shape index (κ3) is 47.7. The molecule has 0 aromatic rings. The van der Waals surface area contributed by atoms with E-state index in [0.717, 1.165) is 77.0 Å². The maximum absolute atomic E-state index is 12.8. The van der Waals surface area contributed by atoms with Crippen LogP contribution in [0.25, 0.3) is 0 Å². The van der Waals surface area contributed by atoms with E-state index in [-0.39, 0.29) is 37.5 Å². The molecule has 0 saturated carbocycles. The molecule has 0 spiro atoms. The van der Waals surface area contributed by atoms with Crippen molar-refractivity contribution in [3.63, 3.8) is 0 Å². The number of hydrogen-bond donors (Lipinski definition) is 0.